The molecule has 0 aromatic rings. The van der Waals surface area contributed by atoms with Crippen LogP contribution in [0.5, 0.6) is 0 Å². The van der Waals surface area contributed by atoms with Crippen molar-refractivity contribution >= 4 is 34.2 Å². The van der Waals surface area contributed by atoms with Gasteiger partial charge in [0.05, 0.1) is 4.91 Å². The monoisotopic (exact) mass is 215 g/mol. The molecule has 0 spiro atoms. The van der Waals surface area contributed by atoms with Gasteiger partial charge in [-0.1, -0.05) is 43.9 Å². The number of nitrogens with one attached hydrogen (secondary N) is 1. The predicted molar refractivity (Wildman–Crippen MR) is 60.5 cm³/mol. The highest BCUT2D eigenvalue weighted by molar-refractivity contribution is 8.26. The molecule has 1 heterocycles. The molecule has 1 aliphatic rings. The number of carbonyl (C=O) groups is 1. The van der Waals surface area contributed by atoms with Crippen LogP contribution in [0.3, 0.4) is 0 Å². The second-order valence-corrected chi connectivity index (χ2v) is 4.67. The van der Waals surface area contributed by atoms with E-state index >= 15 is 0 Å². The number of carbonyl (C=O) groups excluding carboxylic acids is 1. The van der Waals surface area contributed by atoms with Gasteiger partial charge in [-0.05, 0) is 18.8 Å². The lowest BCUT2D eigenvalue weighted by Crippen LogP contribution is -2.18. The predicted octanol–water partition coefficient (Wildman–Crippen LogP) is 2.45. The van der Waals surface area contributed by atoms with E-state index < -0.39 is 0 Å². The minimum absolute atomic E-state index is 0.0399. The molecule has 1 amide bonds. The molecule has 1 rings (SSSR count). The van der Waals surface area contributed by atoms with E-state index in [4.69, 9.17) is 12.2 Å². The van der Waals surface area contributed by atoms with E-state index in [0.29, 0.717) is 10.2 Å². The quantitative estimate of drug-likeness (QED) is 0.579. The van der Waals surface area contributed by atoms with Gasteiger partial charge in [0, 0.05) is 0 Å². The molecule has 72 valence electrons. The highest BCUT2D eigenvalue weighted by Crippen LogP contribution is 2.26. The van der Waals surface area contributed by atoms with Gasteiger partial charge in [0.1, 0.15) is 4.32 Å². The fourth-order valence-electron chi connectivity index (χ4n) is 1.17. The lowest BCUT2D eigenvalue weighted by molar-refractivity contribution is -0.115. The van der Waals surface area contributed by atoms with Gasteiger partial charge in [0.15, 0.2) is 0 Å². The first-order valence-electron chi connectivity index (χ1n) is 4.42. The first kappa shape index (κ1) is 10.7. The Kier molecular flexibility index (Phi) is 3.93. The third-order valence-corrected chi connectivity index (χ3v) is 3.26. The van der Waals surface area contributed by atoms with Crippen LogP contribution in [-0.2, 0) is 4.79 Å². The molecule has 2 nitrogen and oxygen atoms in total. The molecule has 1 fully saturated rings. The first-order chi connectivity index (χ1) is 6.17. The summed E-state index contributed by atoms with van der Waals surface area (Å²) in [7, 11) is 0. The van der Waals surface area contributed by atoms with Crippen LogP contribution in [0.1, 0.15) is 26.7 Å². The number of thioether (sulfide) groups is 1. The largest absolute Gasteiger partial charge is 0.307 e. The van der Waals surface area contributed by atoms with E-state index in [9.17, 15) is 4.79 Å². The van der Waals surface area contributed by atoms with Crippen LogP contribution >= 0.6 is 24.0 Å². The van der Waals surface area contributed by atoms with Crippen molar-refractivity contribution < 1.29 is 4.79 Å². The van der Waals surface area contributed by atoms with E-state index in [2.05, 4.69) is 19.2 Å². The van der Waals surface area contributed by atoms with E-state index in [-0.39, 0.29) is 5.91 Å². The van der Waals surface area contributed by atoms with Gasteiger partial charge in [0.25, 0.3) is 5.91 Å². The Balaban J connectivity index is 2.70. The summed E-state index contributed by atoms with van der Waals surface area (Å²) in [5, 5.41) is 2.61. The van der Waals surface area contributed by atoms with Crippen LogP contribution in [-0.4, -0.2) is 10.2 Å². The first-order valence-corrected chi connectivity index (χ1v) is 5.64. The van der Waals surface area contributed by atoms with Crippen molar-refractivity contribution in [2.75, 3.05) is 0 Å². The van der Waals surface area contributed by atoms with Gasteiger partial charge < -0.3 is 5.32 Å². The van der Waals surface area contributed by atoms with Gasteiger partial charge in [-0.15, -0.1) is 0 Å². The lowest BCUT2D eigenvalue weighted by Gasteiger charge is -2.05. The summed E-state index contributed by atoms with van der Waals surface area (Å²) in [6, 6.07) is 0. The lowest BCUT2D eigenvalue weighted by atomic mass is 10.0. The molecular weight excluding hydrogens is 202 g/mol. The van der Waals surface area contributed by atoms with Crippen LogP contribution in [0.15, 0.2) is 11.0 Å². The molecule has 4 heteroatoms. The zero-order chi connectivity index (χ0) is 9.84. The molecule has 1 aliphatic heterocycles. The average molecular weight is 215 g/mol. The summed E-state index contributed by atoms with van der Waals surface area (Å²) in [5.41, 5.74) is 0. The molecule has 1 saturated heterocycles. The summed E-state index contributed by atoms with van der Waals surface area (Å²) < 4.78 is 0.571. The van der Waals surface area contributed by atoms with E-state index in [1.54, 1.807) is 0 Å². The number of hydrogen-bond acceptors (Lipinski definition) is 3. The second kappa shape index (κ2) is 4.77. The van der Waals surface area contributed by atoms with Crippen LogP contribution < -0.4 is 5.32 Å². The summed E-state index contributed by atoms with van der Waals surface area (Å²) >= 11 is 6.25. The molecule has 0 aromatic carbocycles. The molecule has 13 heavy (non-hydrogen) atoms. The number of hydrogen-bond donors (Lipinski definition) is 1. The number of amides is 1. The maximum absolute atomic E-state index is 11.3. The van der Waals surface area contributed by atoms with Crippen LogP contribution in [0.25, 0.3) is 0 Å². The normalized spacial score (nSPS) is 20.1. The Morgan fingerprint density at radius 2 is 2.15 bits per heavy atom. The van der Waals surface area contributed by atoms with Crippen LogP contribution in [0.2, 0.25) is 0 Å². The Morgan fingerprint density at radius 1 is 1.54 bits per heavy atom. The molecule has 0 bridgehead atoms. The van der Waals surface area contributed by atoms with Gasteiger partial charge in [0.2, 0.25) is 0 Å². The standard InChI is InChI=1S/C9H13NOS2/c1-3-6(4-2)5-7-8(11)10-9(12)13-7/h5-6H,3-4H2,1-2H3,(H,10,11,12)/b7-5+. The Bertz CT molecular complexity index is 256. The van der Waals surface area contributed by atoms with Crippen molar-refractivity contribution in [3.05, 3.63) is 11.0 Å². The Hall–Kier alpha value is -0.350. The summed E-state index contributed by atoms with van der Waals surface area (Å²) in [6.45, 7) is 4.25. The topological polar surface area (TPSA) is 29.1 Å². The molecular formula is C9H13NOS2. The molecule has 0 saturated carbocycles. The number of rotatable bonds is 3. The van der Waals surface area contributed by atoms with E-state index in [0.717, 1.165) is 17.7 Å². The Labute approximate surface area is 88.2 Å². The maximum Gasteiger partial charge on any atom is 0.263 e. The minimum atomic E-state index is -0.0399. The fourth-order valence-corrected chi connectivity index (χ4v) is 2.28. The van der Waals surface area contributed by atoms with Crippen molar-refractivity contribution in [3.63, 3.8) is 0 Å². The summed E-state index contributed by atoms with van der Waals surface area (Å²) in [6.07, 6.45) is 4.17. The van der Waals surface area contributed by atoms with E-state index in [1.807, 2.05) is 6.08 Å². The average Bonchev–Trinajstić information content (AvgIpc) is 2.41. The summed E-state index contributed by atoms with van der Waals surface area (Å²) in [5.74, 6) is 0.455. The third-order valence-electron chi connectivity index (χ3n) is 2.08. The fraction of sp³-hybridized carbons (Fsp3) is 0.556. The molecule has 0 unspecified atom stereocenters. The molecule has 0 aliphatic carbocycles. The molecule has 0 radical (unpaired) electrons. The van der Waals surface area contributed by atoms with Gasteiger partial charge >= 0.3 is 0 Å². The third kappa shape index (κ3) is 2.81. The molecule has 0 aromatic heterocycles. The van der Waals surface area contributed by atoms with Crippen molar-refractivity contribution in [1.82, 2.24) is 5.32 Å². The molecule has 0 atom stereocenters. The Morgan fingerprint density at radius 3 is 2.54 bits per heavy atom. The van der Waals surface area contributed by atoms with Crippen LogP contribution in [0, 0.1) is 5.92 Å². The smallest absolute Gasteiger partial charge is 0.263 e. The summed E-state index contributed by atoms with van der Waals surface area (Å²) in [4.78, 5) is 12.0. The van der Waals surface area contributed by atoms with Crippen molar-refractivity contribution in [3.8, 4) is 0 Å². The minimum Gasteiger partial charge on any atom is -0.307 e. The van der Waals surface area contributed by atoms with Gasteiger partial charge in [-0.2, -0.15) is 0 Å². The van der Waals surface area contributed by atoms with Gasteiger partial charge in [-0.3, -0.25) is 4.79 Å². The SMILES string of the molecule is CCC(/C=C1/SC(=S)NC1=O)CC. The zero-order valence-corrected chi connectivity index (χ0v) is 9.43. The van der Waals surface area contributed by atoms with Gasteiger partial charge in [-0.25, -0.2) is 0 Å². The number of thiocarbonyl (C=S) groups is 1. The van der Waals surface area contributed by atoms with Crippen molar-refractivity contribution in [2.45, 2.75) is 26.7 Å². The van der Waals surface area contributed by atoms with E-state index in [1.165, 1.54) is 11.8 Å². The molecule has 1 N–H and O–H groups in total. The zero-order valence-electron chi connectivity index (χ0n) is 7.79. The maximum atomic E-state index is 11.3. The highest BCUT2D eigenvalue weighted by atomic mass is 32.2. The highest BCUT2D eigenvalue weighted by Gasteiger charge is 2.22. The van der Waals surface area contributed by atoms with Crippen LogP contribution in [0.4, 0.5) is 0 Å². The number of allylic oxidation sites excluding steroid dienone is 1. The van der Waals surface area contributed by atoms with Crippen molar-refractivity contribution in [2.24, 2.45) is 5.92 Å². The van der Waals surface area contributed by atoms with Crippen molar-refractivity contribution in [1.29, 1.82) is 0 Å². The second-order valence-electron chi connectivity index (χ2n) is 2.95.